The van der Waals surface area contributed by atoms with E-state index in [-0.39, 0.29) is 17.6 Å². The van der Waals surface area contributed by atoms with Crippen molar-refractivity contribution in [2.75, 3.05) is 13.7 Å². The Hall–Kier alpha value is -0.0800. The molecule has 1 fully saturated rings. The van der Waals surface area contributed by atoms with Gasteiger partial charge in [0.25, 0.3) is 0 Å². The SMILES string of the molecule is CO[C@H]1C(C)OCCC1(C)C. The molecule has 0 spiro atoms. The quantitative estimate of drug-likeness (QED) is 0.579. The highest BCUT2D eigenvalue weighted by molar-refractivity contribution is 4.86. The van der Waals surface area contributed by atoms with E-state index in [0.29, 0.717) is 0 Å². The monoisotopic (exact) mass is 158 g/mol. The molecule has 1 saturated heterocycles. The minimum atomic E-state index is 0.240. The van der Waals surface area contributed by atoms with Gasteiger partial charge >= 0.3 is 0 Å². The predicted molar refractivity (Wildman–Crippen MR) is 44.6 cm³/mol. The van der Waals surface area contributed by atoms with Crippen molar-refractivity contribution < 1.29 is 9.47 Å². The third-order valence-corrected chi connectivity index (χ3v) is 2.58. The van der Waals surface area contributed by atoms with E-state index in [4.69, 9.17) is 9.47 Å². The Kier molecular flexibility index (Phi) is 2.55. The van der Waals surface area contributed by atoms with Gasteiger partial charge in [0, 0.05) is 13.7 Å². The maximum atomic E-state index is 5.49. The smallest absolute Gasteiger partial charge is 0.0881 e. The van der Waals surface area contributed by atoms with Crippen molar-refractivity contribution in [2.24, 2.45) is 5.41 Å². The van der Waals surface area contributed by atoms with Crippen LogP contribution in [0, 0.1) is 5.41 Å². The number of hydrogen-bond donors (Lipinski definition) is 0. The van der Waals surface area contributed by atoms with E-state index in [1.54, 1.807) is 7.11 Å². The van der Waals surface area contributed by atoms with E-state index in [0.717, 1.165) is 13.0 Å². The van der Waals surface area contributed by atoms with Crippen molar-refractivity contribution in [3.63, 3.8) is 0 Å². The summed E-state index contributed by atoms with van der Waals surface area (Å²) in [6.45, 7) is 7.42. The van der Waals surface area contributed by atoms with Gasteiger partial charge in [-0.2, -0.15) is 0 Å². The molecule has 0 aromatic heterocycles. The largest absolute Gasteiger partial charge is 0.378 e. The lowest BCUT2D eigenvalue weighted by Crippen LogP contribution is -2.46. The van der Waals surface area contributed by atoms with E-state index in [1.165, 1.54) is 0 Å². The van der Waals surface area contributed by atoms with E-state index in [9.17, 15) is 0 Å². The fourth-order valence-corrected chi connectivity index (χ4v) is 1.88. The topological polar surface area (TPSA) is 18.5 Å². The van der Waals surface area contributed by atoms with Crippen molar-refractivity contribution in [3.05, 3.63) is 0 Å². The highest BCUT2D eigenvalue weighted by Gasteiger charge is 2.37. The van der Waals surface area contributed by atoms with E-state index in [2.05, 4.69) is 20.8 Å². The molecule has 1 heterocycles. The minimum Gasteiger partial charge on any atom is -0.378 e. The van der Waals surface area contributed by atoms with Crippen LogP contribution in [0.25, 0.3) is 0 Å². The van der Waals surface area contributed by atoms with Crippen LogP contribution in [0.2, 0.25) is 0 Å². The molecule has 0 aromatic rings. The number of rotatable bonds is 1. The molecular weight excluding hydrogens is 140 g/mol. The first-order chi connectivity index (χ1) is 5.08. The molecule has 2 atom stereocenters. The summed E-state index contributed by atoms with van der Waals surface area (Å²) in [5.41, 5.74) is 0.270. The molecular formula is C9H18O2. The van der Waals surface area contributed by atoms with Gasteiger partial charge in [0.05, 0.1) is 12.2 Å². The summed E-state index contributed by atoms with van der Waals surface area (Å²) in [6.07, 6.45) is 1.58. The van der Waals surface area contributed by atoms with Crippen LogP contribution in [0.5, 0.6) is 0 Å². The van der Waals surface area contributed by atoms with Gasteiger partial charge in [-0.15, -0.1) is 0 Å². The summed E-state index contributed by atoms with van der Waals surface area (Å²) >= 11 is 0. The number of methoxy groups -OCH3 is 1. The molecule has 1 aliphatic heterocycles. The standard InChI is InChI=1S/C9H18O2/c1-7-8(10-4)9(2,3)5-6-11-7/h7-8H,5-6H2,1-4H3/t7?,8-/m0/s1. The number of ether oxygens (including phenoxy) is 2. The molecule has 0 amide bonds. The van der Waals surface area contributed by atoms with Crippen LogP contribution in [-0.4, -0.2) is 25.9 Å². The Balaban J connectivity index is 2.64. The zero-order chi connectivity index (χ0) is 8.48. The summed E-state index contributed by atoms with van der Waals surface area (Å²) in [4.78, 5) is 0. The highest BCUT2D eigenvalue weighted by atomic mass is 16.5. The first-order valence-electron chi connectivity index (χ1n) is 4.22. The molecule has 0 radical (unpaired) electrons. The zero-order valence-corrected chi connectivity index (χ0v) is 7.89. The number of hydrogen-bond acceptors (Lipinski definition) is 2. The van der Waals surface area contributed by atoms with E-state index >= 15 is 0 Å². The van der Waals surface area contributed by atoms with Crippen molar-refractivity contribution in [1.82, 2.24) is 0 Å². The Morgan fingerprint density at radius 3 is 2.45 bits per heavy atom. The fraction of sp³-hybridized carbons (Fsp3) is 1.00. The maximum absolute atomic E-state index is 5.49. The van der Waals surface area contributed by atoms with E-state index < -0.39 is 0 Å². The van der Waals surface area contributed by atoms with Crippen molar-refractivity contribution >= 4 is 0 Å². The highest BCUT2D eigenvalue weighted by Crippen LogP contribution is 2.34. The summed E-state index contributed by atoms with van der Waals surface area (Å²) < 4.78 is 10.9. The summed E-state index contributed by atoms with van der Waals surface area (Å²) in [5, 5.41) is 0. The molecule has 0 N–H and O–H groups in total. The average molecular weight is 158 g/mol. The third-order valence-electron chi connectivity index (χ3n) is 2.58. The van der Waals surface area contributed by atoms with Gasteiger partial charge in [0.1, 0.15) is 0 Å². The third kappa shape index (κ3) is 1.74. The molecule has 1 rings (SSSR count). The van der Waals surface area contributed by atoms with Crippen LogP contribution in [0.3, 0.4) is 0 Å². The van der Waals surface area contributed by atoms with Crippen LogP contribution in [-0.2, 0) is 9.47 Å². The van der Waals surface area contributed by atoms with Gasteiger partial charge in [0.2, 0.25) is 0 Å². The Morgan fingerprint density at radius 2 is 2.09 bits per heavy atom. The van der Waals surface area contributed by atoms with Gasteiger partial charge < -0.3 is 9.47 Å². The van der Waals surface area contributed by atoms with Crippen LogP contribution < -0.4 is 0 Å². The predicted octanol–water partition coefficient (Wildman–Crippen LogP) is 1.84. The fourth-order valence-electron chi connectivity index (χ4n) is 1.88. The van der Waals surface area contributed by atoms with Crippen molar-refractivity contribution in [1.29, 1.82) is 0 Å². The van der Waals surface area contributed by atoms with Crippen LogP contribution >= 0.6 is 0 Å². The lowest BCUT2D eigenvalue weighted by atomic mass is 9.79. The molecule has 1 unspecified atom stereocenters. The molecule has 2 heteroatoms. The lowest BCUT2D eigenvalue weighted by Gasteiger charge is -2.41. The Labute approximate surface area is 68.9 Å². The summed E-state index contributed by atoms with van der Waals surface area (Å²) in [6, 6.07) is 0. The first kappa shape index (κ1) is 9.01. The van der Waals surface area contributed by atoms with Gasteiger partial charge in [0.15, 0.2) is 0 Å². The lowest BCUT2D eigenvalue weighted by molar-refractivity contribution is -0.143. The summed E-state index contributed by atoms with van der Waals surface area (Å²) in [5.74, 6) is 0. The maximum Gasteiger partial charge on any atom is 0.0881 e. The van der Waals surface area contributed by atoms with Crippen molar-refractivity contribution in [3.8, 4) is 0 Å². The normalized spacial score (nSPS) is 37.1. The average Bonchev–Trinajstić information content (AvgIpc) is 1.86. The minimum absolute atomic E-state index is 0.240. The van der Waals surface area contributed by atoms with E-state index in [1.807, 2.05) is 0 Å². The second-order valence-electron chi connectivity index (χ2n) is 3.97. The Bertz CT molecular complexity index is 132. The summed E-state index contributed by atoms with van der Waals surface area (Å²) in [7, 11) is 1.76. The Morgan fingerprint density at radius 1 is 1.45 bits per heavy atom. The zero-order valence-electron chi connectivity index (χ0n) is 7.89. The second kappa shape index (κ2) is 3.11. The van der Waals surface area contributed by atoms with Gasteiger partial charge in [-0.1, -0.05) is 13.8 Å². The van der Waals surface area contributed by atoms with Crippen LogP contribution in [0.15, 0.2) is 0 Å². The molecule has 2 nitrogen and oxygen atoms in total. The molecule has 0 saturated carbocycles. The van der Waals surface area contributed by atoms with Gasteiger partial charge in [-0.3, -0.25) is 0 Å². The second-order valence-corrected chi connectivity index (χ2v) is 3.97. The van der Waals surface area contributed by atoms with Gasteiger partial charge in [-0.05, 0) is 18.8 Å². The first-order valence-corrected chi connectivity index (χ1v) is 4.22. The van der Waals surface area contributed by atoms with Crippen LogP contribution in [0.1, 0.15) is 27.2 Å². The molecule has 1 aliphatic rings. The molecule has 0 aliphatic carbocycles. The molecule has 0 aromatic carbocycles. The molecule has 66 valence electrons. The van der Waals surface area contributed by atoms with Crippen LogP contribution in [0.4, 0.5) is 0 Å². The molecule has 11 heavy (non-hydrogen) atoms. The van der Waals surface area contributed by atoms with Gasteiger partial charge in [-0.25, -0.2) is 0 Å². The molecule has 0 bridgehead atoms. The van der Waals surface area contributed by atoms with Crippen molar-refractivity contribution in [2.45, 2.75) is 39.4 Å².